The topological polar surface area (TPSA) is 74.2 Å². The number of carbonyl (C=O) groups is 1. The van der Waals surface area contributed by atoms with Crippen LogP contribution in [0.2, 0.25) is 0 Å². The number of pyridine rings is 1. The fourth-order valence-electron chi connectivity index (χ4n) is 1.28. The molecule has 0 saturated carbocycles. The Bertz CT molecular complexity index is 379. The molecule has 0 fully saturated rings. The van der Waals surface area contributed by atoms with Crippen molar-refractivity contribution in [2.75, 3.05) is 18.9 Å². The van der Waals surface area contributed by atoms with Gasteiger partial charge in [-0.15, -0.1) is 0 Å². The maximum Gasteiger partial charge on any atom is 0.229 e. The summed E-state index contributed by atoms with van der Waals surface area (Å²) in [7, 11) is 1.78. The number of nitrogens with zero attached hydrogens (tertiary/aromatic N) is 1. The van der Waals surface area contributed by atoms with Crippen molar-refractivity contribution in [2.24, 2.45) is 5.92 Å². The first-order chi connectivity index (χ1) is 7.54. The number of aromatic nitrogens is 1. The monoisotopic (exact) mass is 223 g/mol. The van der Waals surface area contributed by atoms with Gasteiger partial charge in [0.25, 0.3) is 0 Å². The summed E-state index contributed by atoms with van der Waals surface area (Å²) in [5.41, 5.74) is 0.745. The molecule has 16 heavy (non-hydrogen) atoms. The van der Waals surface area contributed by atoms with Gasteiger partial charge in [-0.3, -0.25) is 4.79 Å². The zero-order chi connectivity index (χ0) is 12.1. The summed E-state index contributed by atoms with van der Waals surface area (Å²) in [6, 6.07) is 3.20. The van der Waals surface area contributed by atoms with E-state index in [2.05, 4.69) is 15.6 Å². The van der Waals surface area contributed by atoms with Gasteiger partial charge in [-0.2, -0.15) is 0 Å². The zero-order valence-corrected chi connectivity index (χ0v) is 9.74. The lowest BCUT2D eigenvalue weighted by molar-refractivity contribution is -0.119. The summed E-state index contributed by atoms with van der Waals surface area (Å²) >= 11 is 0. The lowest BCUT2D eigenvalue weighted by Crippen LogP contribution is -2.29. The Hall–Kier alpha value is -1.62. The molecule has 5 heteroatoms. The van der Waals surface area contributed by atoms with Gasteiger partial charge in [0.2, 0.25) is 5.91 Å². The highest BCUT2D eigenvalue weighted by atomic mass is 16.3. The lowest BCUT2D eigenvalue weighted by Gasteiger charge is -2.12. The van der Waals surface area contributed by atoms with Crippen LogP contribution in [0.4, 0.5) is 5.82 Å². The Morgan fingerprint density at radius 3 is 2.88 bits per heavy atom. The van der Waals surface area contributed by atoms with E-state index in [1.165, 1.54) is 6.07 Å². The first-order valence-electron chi connectivity index (χ1n) is 5.16. The van der Waals surface area contributed by atoms with Crippen LogP contribution in [0.3, 0.4) is 0 Å². The van der Waals surface area contributed by atoms with Gasteiger partial charge in [0.1, 0.15) is 0 Å². The molecule has 1 aromatic heterocycles. The molecule has 1 rings (SSSR count). The van der Waals surface area contributed by atoms with Crippen molar-refractivity contribution in [1.82, 2.24) is 10.3 Å². The number of hydrogen-bond donors (Lipinski definition) is 3. The zero-order valence-electron chi connectivity index (χ0n) is 9.74. The molecule has 0 radical (unpaired) electrons. The van der Waals surface area contributed by atoms with Crippen molar-refractivity contribution in [1.29, 1.82) is 0 Å². The van der Waals surface area contributed by atoms with Crippen LogP contribution in [0.5, 0.6) is 5.75 Å². The summed E-state index contributed by atoms with van der Waals surface area (Å²) in [5.74, 6) is -0.141. The van der Waals surface area contributed by atoms with E-state index in [9.17, 15) is 9.90 Å². The number of nitrogens with one attached hydrogen (secondary N) is 2. The first-order valence-corrected chi connectivity index (χ1v) is 5.16. The standard InChI is InChI=1S/C11H17N3O2/c1-7(6-12-3)11(16)14-10-9(15)5-4-8(2)13-10/h4-5,7,12,15H,6H2,1-3H3,(H,13,14,16). The highest BCUT2D eigenvalue weighted by Crippen LogP contribution is 2.20. The van der Waals surface area contributed by atoms with Crippen LogP contribution in [-0.4, -0.2) is 29.6 Å². The van der Waals surface area contributed by atoms with Crippen molar-refractivity contribution < 1.29 is 9.90 Å². The maximum absolute atomic E-state index is 11.7. The van der Waals surface area contributed by atoms with Crippen LogP contribution >= 0.6 is 0 Å². The first kappa shape index (κ1) is 12.4. The lowest BCUT2D eigenvalue weighted by atomic mass is 10.1. The minimum absolute atomic E-state index is 0.0180. The number of anilines is 1. The fourth-order valence-corrected chi connectivity index (χ4v) is 1.28. The molecule has 1 aromatic rings. The number of carbonyl (C=O) groups excluding carboxylic acids is 1. The summed E-state index contributed by atoms with van der Waals surface area (Å²) in [5, 5.41) is 15.0. The predicted octanol–water partition coefficient (Wildman–Crippen LogP) is 0.890. The predicted molar refractivity (Wildman–Crippen MR) is 62.4 cm³/mol. The minimum Gasteiger partial charge on any atom is -0.504 e. The van der Waals surface area contributed by atoms with E-state index in [1.54, 1.807) is 27.0 Å². The van der Waals surface area contributed by atoms with Gasteiger partial charge < -0.3 is 15.7 Å². The van der Waals surface area contributed by atoms with E-state index in [-0.39, 0.29) is 23.4 Å². The Kier molecular flexibility index (Phi) is 4.25. The summed E-state index contributed by atoms with van der Waals surface area (Å²) in [6.45, 7) is 4.18. The van der Waals surface area contributed by atoms with E-state index in [0.717, 1.165) is 5.69 Å². The van der Waals surface area contributed by atoms with Crippen molar-refractivity contribution >= 4 is 11.7 Å². The molecule has 0 aliphatic carbocycles. The molecule has 1 unspecified atom stereocenters. The summed E-state index contributed by atoms with van der Waals surface area (Å²) < 4.78 is 0. The summed E-state index contributed by atoms with van der Waals surface area (Å²) in [6.07, 6.45) is 0. The van der Waals surface area contributed by atoms with Crippen molar-refractivity contribution in [3.63, 3.8) is 0 Å². The molecule has 88 valence electrons. The van der Waals surface area contributed by atoms with Crippen LogP contribution in [0, 0.1) is 12.8 Å². The molecule has 0 aromatic carbocycles. The van der Waals surface area contributed by atoms with Crippen LogP contribution in [-0.2, 0) is 4.79 Å². The third kappa shape index (κ3) is 3.20. The van der Waals surface area contributed by atoms with Crippen molar-refractivity contribution in [2.45, 2.75) is 13.8 Å². The van der Waals surface area contributed by atoms with E-state index < -0.39 is 0 Å². The molecule has 1 atom stereocenters. The molecule has 1 amide bonds. The molecule has 0 aliphatic heterocycles. The number of aromatic hydroxyl groups is 1. The average Bonchev–Trinajstić information content (AvgIpc) is 2.23. The Labute approximate surface area is 94.9 Å². The second-order valence-corrected chi connectivity index (χ2v) is 3.77. The summed E-state index contributed by atoms with van der Waals surface area (Å²) in [4.78, 5) is 15.7. The van der Waals surface area contributed by atoms with Crippen LogP contribution in [0.15, 0.2) is 12.1 Å². The van der Waals surface area contributed by atoms with Crippen molar-refractivity contribution in [3.05, 3.63) is 17.8 Å². The van der Waals surface area contributed by atoms with Crippen LogP contribution < -0.4 is 10.6 Å². The van der Waals surface area contributed by atoms with Crippen molar-refractivity contribution in [3.8, 4) is 5.75 Å². The molecule has 1 heterocycles. The third-order valence-corrected chi connectivity index (χ3v) is 2.21. The van der Waals surface area contributed by atoms with Crippen LogP contribution in [0.1, 0.15) is 12.6 Å². The van der Waals surface area contributed by atoms with Gasteiger partial charge in [-0.25, -0.2) is 4.98 Å². The highest BCUT2D eigenvalue weighted by molar-refractivity contribution is 5.92. The average molecular weight is 223 g/mol. The molecule has 3 N–H and O–H groups in total. The number of amides is 1. The Balaban J connectivity index is 2.72. The normalized spacial score (nSPS) is 12.2. The van der Waals surface area contributed by atoms with Gasteiger partial charge in [0.05, 0.1) is 0 Å². The molecule has 5 nitrogen and oxygen atoms in total. The fraction of sp³-hybridized carbons (Fsp3) is 0.455. The van der Waals surface area contributed by atoms with E-state index in [0.29, 0.717) is 6.54 Å². The number of rotatable bonds is 4. The van der Waals surface area contributed by atoms with E-state index in [4.69, 9.17) is 0 Å². The molecule has 0 spiro atoms. The Morgan fingerprint density at radius 2 is 2.25 bits per heavy atom. The molecular formula is C11H17N3O2. The second-order valence-electron chi connectivity index (χ2n) is 3.77. The van der Waals surface area contributed by atoms with Gasteiger partial charge in [-0.05, 0) is 26.1 Å². The van der Waals surface area contributed by atoms with Crippen LogP contribution in [0.25, 0.3) is 0 Å². The third-order valence-electron chi connectivity index (χ3n) is 2.21. The van der Waals surface area contributed by atoms with Gasteiger partial charge >= 0.3 is 0 Å². The minimum atomic E-state index is -0.174. The number of aryl methyl sites for hydroxylation is 1. The quantitative estimate of drug-likeness (QED) is 0.708. The molecular weight excluding hydrogens is 206 g/mol. The van der Waals surface area contributed by atoms with Gasteiger partial charge in [0, 0.05) is 18.2 Å². The van der Waals surface area contributed by atoms with Gasteiger partial charge in [-0.1, -0.05) is 6.92 Å². The SMILES string of the molecule is CNCC(C)C(=O)Nc1nc(C)ccc1O. The Morgan fingerprint density at radius 1 is 1.56 bits per heavy atom. The van der Waals surface area contributed by atoms with E-state index in [1.807, 2.05) is 0 Å². The number of hydrogen-bond acceptors (Lipinski definition) is 4. The second kappa shape index (κ2) is 5.46. The highest BCUT2D eigenvalue weighted by Gasteiger charge is 2.14. The smallest absolute Gasteiger partial charge is 0.229 e. The maximum atomic E-state index is 11.7. The molecule has 0 bridgehead atoms. The largest absolute Gasteiger partial charge is 0.504 e. The molecule has 0 aliphatic rings. The van der Waals surface area contributed by atoms with Gasteiger partial charge in [0.15, 0.2) is 11.6 Å². The molecule has 0 saturated heterocycles. The van der Waals surface area contributed by atoms with E-state index >= 15 is 0 Å².